The number of nitrogens with two attached hydrogens (primary N) is 1. The number of hydrogen-bond acceptors (Lipinski definition) is 4. The van der Waals surface area contributed by atoms with Gasteiger partial charge in [-0.25, -0.2) is 15.0 Å². The second-order valence-electron chi connectivity index (χ2n) is 3.72. The lowest BCUT2D eigenvalue weighted by Gasteiger charge is -2.26. The van der Waals surface area contributed by atoms with Crippen LogP contribution in [0.25, 0.3) is 0 Å². The van der Waals surface area contributed by atoms with E-state index in [9.17, 15) is 9.18 Å². The number of anilines is 1. The summed E-state index contributed by atoms with van der Waals surface area (Å²) in [7, 11) is 0. The van der Waals surface area contributed by atoms with Gasteiger partial charge >= 0.3 is 5.97 Å². The van der Waals surface area contributed by atoms with Gasteiger partial charge in [0.1, 0.15) is 11.9 Å². The van der Waals surface area contributed by atoms with Crippen molar-refractivity contribution >= 4 is 11.7 Å². The molecule has 0 saturated heterocycles. The van der Waals surface area contributed by atoms with Crippen LogP contribution in [0.15, 0.2) is 18.2 Å². The van der Waals surface area contributed by atoms with E-state index >= 15 is 0 Å². The topological polar surface area (TPSA) is 55.6 Å². The molecule has 5 heteroatoms. The summed E-state index contributed by atoms with van der Waals surface area (Å²) in [6.45, 7) is 5.24. The van der Waals surface area contributed by atoms with Crippen LogP contribution in [0.3, 0.4) is 0 Å². The molecule has 0 aromatic heterocycles. The lowest BCUT2D eigenvalue weighted by atomic mass is 10.1. The van der Waals surface area contributed by atoms with E-state index in [1.54, 1.807) is 32.9 Å². The van der Waals surface area contributed by atoms with E-state index in [1.165, 1.54) is 11.1 Å². The Kier molecular flexibility index (Phi) is 4.45. The third kappa shape index (κ3) is 2.94. The van der Waals surface area contributed by atoms with Crippen molar-refractivity contribution in [2.45, 2.75) is 26.8 Å². The second kappa shape index (κ2) is 5.63. The molecule has 4 nitrogen and oxygen atoms in total. The second-order valence-corrected chi connectivity index (χ2v) is 3.72. The molecule has 0 aliphatic carbocycles. The molecule has 0 radical (unpaired) electrons. The van der Waals surface area contributed by atoms with Crippen LogP contribution in [0.2, 0.25) is 0 Å². The maximum Gasteiger partial charge on any atom is 0.330 e. The van der Waals surface area contributed by atoms with Crippen molar-refractivity contribution in [2.24, 2.45) is 5.84 Å². The summed E-state index contributed by atoms with van der Waals surface area (Å²) in [5, 5.41) is 1.22. The van der Waals surface area contributed by atoms with E-state index in [1.807, 2.05) is 0 Å². The first-order valence-corrected chi connectivity index (χ1v) is 5.44. The van der Waals surface area contributed by atoms with Gasteiger partial charge in [-0.1, -0.05) is 6.07 Å². The Balaban J connectivity index is 2.92. The van der Waals surface area contributed by atoms with Gasteiger partial charge in [-0.2, -0.15) is 0 Å². The number of ether oxygens (including phenoxy) is 1. The molecule has 1 unspecified atom stereocenters. The minimum absolute atomic E-state index is 0.291. The molecule has 94 valence electrons. The van der Waals surface area contributed by atoms with Gasteiger partial charge in [0.15, 0.2) is 0 Å². The monoisotopic (exact) mass is 240 g/mol. The van der Waals surface area contributed by atoms with Crippen LogP contribution >= 0.6 is 0 Å². The van der Waals surface area contributed by atoms with Gasteiger partial charge in [0.2, 0.25) is 0 Å². The zero-order valence-corrected chi connectivity index (χ0v) is 10.2. The first-order chi connectivity index (χ1) is 7.99. The molecule has 0 spiro atoms. The molecule has 0 bridgehead atoms. The molecular formula is C12H17FN2O2. The smallest absolute Gasteiger partial charge is 0.330 e. The molecule has 17 heavy (non-hydrogen) atoms. The van der Waals surface area contributed by atoms with Crippen LogP contribution in [-0.4, -0.2) is 18.6 Å². The van der Waals surface area contributed by atoms with Crippen LogP contribution < -0.4 is 10.9 Å². The maximum atomic E-state index is 13.4. The van der Waals surface area contributed by atoms with Crippen molar-refractivity contribution in [3.8, 4) is 0 Å². The zero-order valence-electron chi connectivity index (χ0n) is 10.2. The molecule has 1 rings (SSSR count). The fraction of sp³-hybridized carbons (Fsp3) is 0.417. The summed E-state index contributed by atoms with van der Waals surface area (Å²) in [6, 6.07) is 3.90. The molecule has 1 aromatic carbocycles. The number of nitrogens with zero attached hydrogens (tertiary/aromatic N) is 1. The third-order valence-corrected chi connectivity index (χ3v) is 2.56. The molecule has 0 saturated carbocycles. The van der Waals surface area contributed by atoms with Gasteiger partial charge < -0.3 is 4.74 Å². The fourth-order valence-electron chi connectivity index (χ4n) is 1.46. The van der Waals surface area contributed by atoms with Crippen LogP contribution in [0.5, 0.6) is 0 Å². The molecule has 1 atom stereocenters. The third-order valence-electron chi connectivity index (χ3n) is 2.56. The van der Waals surface area contributed by atoms with E-state index in [-0.39, 0.29) is 5.82 Å². The van der Waals surface area contributed by atoms with Crippen molar-refractivity contribution in [3.63, 3.8) is 0 Å². The summed E-state index contributed by atoms with van der Waals surface area (Å²) < 4.78 is 18.2. The normalized spacial score (nSPS) is 12.1. The summed E-state index contributed by atoms with van der Waals surface area (Å²) in [5.41, 5.74) is 0.886. The Hall–Kier alpha value is -1.62. The number of carbonyl (C=O) groups is 1. The summed E-state index contributed by atoms with van der Waals surface area (Å²) in [6.07, 6.45) is 0. The van der Waals surface area contributed by atoms with Crippen LogP contribution in [-0.2, 0) is 9.53 Å². The van der Waals surface area contributed by atoms with E-state index in [0.717, 1.165) is 0 Å². The fourth-order valence-corrected chi connectivity index (χ4v) is 1.46. The van der Waals surface area contributed by atoms with Gasteiger partial charge in [-0.05, 0) is 32.9 Å². The van der Waals surface area contributed by atoms with Gasteiger partial charge in [0, 0.05) is 5.56 Å². The maximum absolute atomic E-state index is 13.4. The van der Waals surface area contributed by atoms with Crippen LogP contribution in [0.4, 0.5) is 10.1 Å². The molecule has 0 heterocycles. The zero-order chi connectivity index (χ0) is 13.0. The predicted molar refractivity (Wildman–Crippen MR) is 63.9 cm³/mol. The number of hydrazine groups is 1. The molecule has 0 aliphatic heterocycles. The lowest BCUT2D eigenvalue weighted by Crippen LogP contribution is -2.45. The summed E-state index contributed by atoms with van der Waals surface area (Å²) >= 11 is 0. The summed E-state index contributed by atoms with van der Waals surface area (Å²) in [5.74, 6) is 5.02. The van der Waals surface area contributed by atoms with Crippen molar-refractivity contribution in [1.82, 2.24) is 0 Å². The number of carbonyl (C=O) groups excluding carboxylic acids is 1. The van der Waals surface area contributed by atoms with Crippen molar-refractivity contribution in [3.05, 3.63) is 29.6 Å². The highest BCUT2D eigenvalue weighted by Crippen LogP contribution is 2.21. The number of hydrogen-bond donors (Lipinski definition) is 1. The van der Waals surface area contributed by atoms with Crippen LogP contribution in [0.1, 0.15) is 19.4 Å². The first kappa shape index (κ1) is 13.4. The first-order valence-electron chi connectivity index (χ1n) is 5.44. The van der Waals surface area contributed by atoms with Crippen molar-refractivity contribution < 1.29 is 13.9 Å². The Morgan fingerprint density at radius 3 is 2.82 bits per heavy atom. The van der Waals surface area contributed by atoms with Gasteiger partial charge in [-0.3, -0.25) is 5.01 Å². The van der Waals surface area contributed by atoms with E-state index in [0.29, 0.717) is 17.9 Å². The van der Waals surface area contributed by atoms with Crippen molar-refractivity contribution in [2.75, 3.05) is 11.6 Å². The molecule has 2 N–H and O–H groups in total. The minimum atomic E-state index is -0.657. The largest absolute Gasteiger partial charge is 0.464 e. The average Bonchev–Trinajstić information content (AvgIpc) is 2.31. The highest BCUT2D eigenvalue weighted by atomic mass is 19.1. The van der Waals surface area contributed by atoms with Gasteiger partial charge in [0.05, 0.1) is 12.3 Å². The molecule has 0 amide bonds. The standard InChI is InChI=1S/C12H17FN2O2/c1-4-17-12(16)9(3)15(14)11-7-5-6-10(13)8(11)2/h5-7,9H,4,14H2,1-3H3. The number of halogens is 1. The molecule has 0 aliphatic rings. The lowest BCUT2D eigenvalue weighted by molar-refractivity contribution is -0.144. The Labute approximate surface area is 100 Å². The highest BCUT2D eigenvalue weighted by molar-refractivity contribution is 5.79. The predicted octanol–water partition coefficient (Wildman–Crippen LogP) is 1.77. The van der Waals surface area contributed by atoms with Gasteiger partial charge in [0.25, 0.3) is 0 Å². The van der Waals surface area contributed by atoms with Crippen LogP contribution in [0, 0.1) is 12.7 Å². The van der Waals surface area contributed by atoms with E-state index < -0.39 is 12.0 Å². The molecular weight excluding hydrogens is 223 g/mol. The quantitative estimate of drug-likeness (QED) is 0.495. The number of esters is 1. The van der Waals surface area contributed by atoms with Gasteiger partial charge in [-0.15, -0.1) is 0 Å². The Bertz CT molecular complexity index is 409. The SMILES string of the molecule is CCOC(=O)C(C)N(N)c1cccc(F)c1C. The average molecular weight is 240 g/mol. The van der Waals surface area contributed by atoms with E-state index in [2.05, 4.69) is 0 Å². The molecule has 1 aromatic rings. The summed E-state index contributed by atoms with van der Waals surface area (Å²) in [4.78, 5) is 11.5. The number of benzene rings is 1. The molecule has 0 fully saturated rings. The number of rotatable bonds is 4. The van der Waals surface area contributed by atoms with Crippen molar-refractivity contribution in [1.29, 1.82) is 0 Å². The highest BCUT2D eigenvalue weighted by Gasteiger charge is 2.22. The Morgan fingerprint density at radius 1 is 1.59 bits per heavy atom. The van der Waals surface area contributed by atoms with E-state index in [4.69, 9.17) is 10.6 Å². The Morgan fingerprint density at radius 2 is 2.24 bits per heavy atom. The minimum Gasteiger partial charge on any atom is -0.464 e.